The first-order valence-corrected chi connectivity index (χ1v) is 11.5. The lowest BCUT2D eigenvalue weighted by Gasteiger charge is -2.33. The zero-order chi connectivity index (χ0) is 22.0. The van der Waals surface area contributed by atoms with Gasteiger partial charge in [0, 0.05) is 55.3 Å². The molecule has 1 atom stereocenters. The third-order valence-electron chi connectivity index (χ3n) is 5.84. The lowest BCUT2D eigenvalue weighted by molar-refractivity contribution is -0.129. The van der Waals surface area contributed by atoms with Gasteiger partial charge in [-0.3, -0.25) is 4.79 Å². The van der Waals surface area contributed by atoms with E-state index in [4.69, 9.17) is 0 Å². The van der Waals surface area contributed by atoms with Gasteiger partial charge in [-0.1, -0.05) is 0 Å². The average molecular weight is 440 g/mol. The van der Waals surface area contributed by atoms with E-state index in [0.717, 1.165) is 53.9 Å². The van der Waals surface area contributed by atoms with Crippen molar-refractivity contribution in [1.29, 1.82) is 0 Å². The van der Waals surface area contributed by atoms with Crippen LogP contribution in [0.4, 0.5) is 5.82 Å². The standard InChI is InChI=1S/C23H29N5O2S/c1-15-13-20(24-16-5-4-10-28(14-16)11-8-21(29)27(2)3)25-26-22(15)18-6-7-19-17(23(18)30)9-12-31-19/h6-7,9,12-13,16,30H,4-5,8,10-11,14H2,1-3H3,(H,24,25)/t16-/m1/s1. The first-order chi connectivity index (χ1) is 14.9. The molecule has 3 aromatic rings. The number of hydrogen-bond donors (Lipinski definition) is 2. The number of nitrogens with one attached hydrogen (secondary N) is 1. The highest BCUT2D eigenvalue weighted by Gasteiger charge is 2.21. The molecule has 0 aliphatic carbocycles. The Morgan fingerprint density at radius 1 is 1.32 bits per heavy atom. The number of anilines is 1. The minimum atomic E-state index is 0.163. The fourth-order valence-electron chi connectivity index (χ4n) is 4.10. The molecule has 0 radical (unpaired) electrons. The lowest BCUT2D eigenvalue weighted by atomic mass is 10.0. The number of benzene rings is 1. The van der Waals surface area contributed by atoms with E-state index in [-0.39, 0.29) is 17.7 Å². The third kappa shape index (κ3) is 4.80. The normalized spacial score (nSPS) is 17.1. The quantitative estimate of drug-likeness (QED) is 0.609. The van der Waals surface area contributed by atoms with Gasteiger partial charge >= 0.3 is 0 Å². The molecule has 0 unspecified atom stereocenters. The summed E-state index contributed by atoms with van der Waals surface area (Å²) in [7, 11) is 3.59. The van der Waals surface area contributed by atoms with E-state index in [9.17, 15) is 9.90 Å². The Morgan fingerprint density at radius 3 is 2.94 bits per heavy atom. The van der Waals surface area contributed by atoms with Crippen LogP contribution in [0.3, 0.4) is 0 Å². The zero-order valence-corrected chi connectivity index (χ0v) is 19.1. The topological polar surface area (TPSA) is 81.6 Å². The summed E-state index contributed by atoms with van der Waals surface area (Å²) in [6, 6.07) is 8.12. The van der Waals surface area contributed by atoms with Gasteiger partial charge in [0.25, 0.3) is 0 Å². The maximum absolute atomic E-state index is 11.9. The summed E-state index contributed by atoms with van der Waals surface area (Å²) >= 11 is 1.61. The van der Waals surface area contributed by atoms with Crippen molar-refractivity contribution in [1.82, 2.24) is 20.0 Å². The van der Waals surface area contributed by atoms with Crippen LogP contribution in [0.1, 0.15) is 24.8 Å². The molecule has 31 heavy (non-hydrogen) atoms. The Labute approximate surface area is 186 Å². The molecule has 1 amide bonds. The number of amides is 1. The Morgan fingerprint density at radius 2 is 2.16 bits per heavy atom. The summed E-state index contributed by atoms with van der Waals surface area (Å²) < 4.78 is 1.05. The van der Waals surface area contributed by atoms with Crippen molar-refractivity contribution < 1.29 is 9.90 Å². The SMILES string of the molecule is Cc1cc(N[C@@H]2CCCN(CCC(=O)N(C)C)C2)nnc1-c1ccc2sccc2c1O. The number of piperidine rings is 1. The number of thiophene rings is 1. The number of fused-ring (bicyclic) bond motifs is 1. The minimum Gasteiger partial charge on any atom is -0.507 e. The monoisotopic (exact) mass is 439 g/mol. The van der Waals surface area contributed by atoms with Gasteiger partial charge in [-0.25, -0.2) is 0 Å². The fourth-order valence-corrected chi connectivity index (χ4v) is 4.89. The summed E-state index contributed by atoms with van der Waals surface area (Å²) in [5.41, 5.74) is 2.37. The van der Waals surface area contributed by atoms with Crippen molar-refractivity contribution in [3.8, 4) is 17.0 Å². The molecule has 1 fully saturated rings. The van der Waals surface area contributed by atoms with Crippen LogP contribution in [0.5, 0.6) is 5.75 Å². The summed E-state index contributed by atoms with van der Waals surface area (Å²) in [6.45, 7) is 4.68. The van der Waals surface area contributed by atoms with Crippen LogP contribution in [-0.2, 0) is 4.79 Å². The second-order valence-electron chi connectivity index (χ2n) is 8.38. The average Bonchev–Trinajstić information content (AvgIpc) is 3.23. The van der Waals surface area contributed by atoms with Crippen LogP contribution in [0, 0.1) is 6.92 Å². The number of carbonyl (C=O) groups excluding carboxylic acids is 1. The number of aromatic nitrogens is 2. The third-order valence-corrected chi connectivity index (χ3v) is 6.73. The summed E-state index contributed by atoms with van der Waals surface area (Å²) in [5.74, 6) is 1.16. The number of likely N-dealkylation sites (tertiary alicyclic amines) is 1. The molecule has 3 heterocycles. The van der Waals surface area contributed by atoms with Crippen LogP contribution in [0.25, 0.3) is 21.3 Å². The fraction of sp³-hybridized carbons (Fsp3) is 0.435. The summed E-state index contributed by atoms with van der Waals surface area (Å²) in [6.07, 6.45) is 2.70. The van der Waals surface area contributed by atoms with E-state index in [1.165, 1.54) is 0 Å². The largest absolute Gasteiger partial charge is 0.507 e. The van der Waals surface area contributed by atoms with Crippen molar-refractivity contribution >= 4 is 33.1 Å². The van der Waals surface area contributed by atoms with Crippen molar-refractivity contribution in [3.05, 3.63) is 35.2 Å². The molecule has 164 valence electrons. The maximum atomic E-state index is 11.9. The van der Waals surface area contributed by atoms with E-state index < -0.39 is 0 Å². The highest BCUT2D eigenvalue weighted by molar-refractivity contribution is 7.17. The predicted molar refractivity (Wildman–Crippen MR) is 126 cm³/mol. The molecule has 1 saturated heterocycles. The van der Waals surface area contributed by atoms with Gasteiger partial charge in [0.2, 0.25) is 5.91 Å². The Bertz CT molecular complexity index is 1080. The highest BCUT2D eigenvalue weighted by Crippen LogP contribution is 2.38. The molecule has 2 N–H and O–H groups in total. The van der Waals surface area contributed by atoms with Gasteiger partial charge in [-0.2, -0.15) is 0 Å². The van der Waals surface area contributed by atoms with E-state index in [2.05, 4.69) is 20.4 Å². The first-order valence-electron chi connectivity index (χ1n) is 10.7. The van der Waals surface area contributed by atoms with Crippen LogP contribution in [-0.4, -0.2) is 70.8 Å². The van der Waals surface area contributed by atoms with Crippen molar-refractivity contribution in [3.63, 3.8) is 0 Å². The number of aryl methyl sites for hydroxylation is 1. The molecule has 4 rings (SSSR count). The van der Waals surface area contributed by atoms with Gasteiger partial charge in [-0.05, 0) is 61.5 Å². The Kier molecular flexibility index (Phi) is 6.38. The molecule has 0 spiro atoms. The maximum Gasteiger partial charge on any atom is 0.223 e. The Balaban J connectivity index is 1.43. The molecule has 1 aliphatic heterocycles. The van der Waals surface area contributed by atoms with Crippen molar-refractivity contribution in [2.24, 2.45) is 0 Å². The Hall–Kier alpha value is -2.71. The molecule has 0 saturated carbocycles. The highest BCUT2D eigenvalue weighted by atomic mass is 32.1. The van der Waals surface area contributed by atoms with Crippen LogP contribution >= 0.6 is 11.3 Å². The molecule has 0 bridgehead atoms. The molecule has 1 aliphatic rings. The molecular formula is C23H29N5O2S. The van der Waals surface area contributed by atoms with Gasteiger partial charge in [0.05, 0.1) is 5.69 Å². The predicted octanol–water partition coefficient (Wildman–Crippen LogP) is 3.73. The molecule has 2 aromatic heterocycles. The van der Waals surface area contributed by atoms with Gasteiger partial charge < -0.3 is 20.2 Å². The zero-order valence-electron chi connectivity index (χ0n) is 18.3. The molecular weight excluding hydrogens is 410 g/mol. The van der Waals surface area contributed by atoms with Crippen LogP contribution in [0.15, 0.2) is 29.6 Å². The van der Waals surface area contributed by atoms with E-state index >= 15 is 0 Å². The number of aromatic hydroxyl groups is 1. The van der Waals surface area contributed by atoms with Gasteiger partial charge in [0.15, 0.2) is 0 Å². The van der Waals surface area contributed by atoms with E-state index in [0.29, 0.717) is 17.7 Å². The van der Waals surface area contributed by atoms with Gasteiger partial charge in [0.1, 0.15) is 11.6 Å². The number of carbonyl (C=O) groups is 1. The second kappa shape index (κ2) is 9.20. The summed E-state index contributed by atoms with van der Waals surface area (Å²) in [5, 5.41) is 25.8. The van der Waals surface area contributed by atoms with Crippen LogP contribution in [0.2, 0.25) is 0 Å². The minimum absolute atomic E-state index is 0.163. The summed E-state index contributed by atoms with van der Waals surface area (Å²) in [4.78, 5) is 15.9. The number of nitrogens with zero attached hydrogens (tertiary/aromatic N) is 4. The number of phenolic OH excluding ortho intramolecular Hbond substituents is 1. The van der Waals surface area contributed by atoms with E-state index in [1.807, 2.05) is 36.6 Å². The number of hydrogen-bond acceptors (Lipinski definition) is 7. The van der Waals surface area contributed by atoms with Crippen LogP contribution < -0.4 is 5.32 Å². The first kappa shape index (κ1) is 21.5. The smallest absolute Gasteiger partial charge is 0.223 e. The lowest BCUT2D eigenvalue weighted by Crippen LogP contribution is -2.43. The van der Waals surface area contributed by atoms with Gasteiger partial charge in [-0.15, -0.1) is 21.5 Å². The second-order valence-corrected chi connectivity index (χ2v) is 9.33. The number of phenols is 1. The molecule has 8 heteroatoms. The van der Waals surface area contributed by atoms with Crippen molar-refractivity contribution in [2.45, 2.75) is 32.2 Å². The molecule has 1 aromatic carbocycles. The van der Waals surface area contributed by atoms with Crippen molar-refractivity contribution in [2.75, 3.05) is 39.0 Å². The van der Waals surface area contributed by atoms with E-state index in [1.54, 1.807) is 30.3 Å². The number of rotatable bonds is 6. The molecule has 7 nitrogen and oxygen atoms in total.